The number of ether oxygens (including phenoxy) is 1. The van der Waals surface area contributed by atoms with E-state index in [-0.39, 0.29) is 12.4 Å². The van der Waals surface area contributed by atoms with Crippen LogP contribution in [0.2, 0.25) is 0 Å². The Labute approximate surface area is 115 Å². The topological polar surface area (TPSA) is 42.3 Å². The third-order valence-corrected chi connectivity index (χ3v) is 3.32. The second kappa shape index (κ2) is 6.41. The zero-order valence-corrected chi connectivity index (χ0v) is 12.4. The molecular formula is C12H23ClN4O. The fraction of sp³-hybridized carbons (Fsp3) is 0.750. The molecule has 1 aromatic rings. The van der Waals surface area contributed by atoms with Gasteiger partial charge in [-0.1, -0.05) is 0 Å². The van der Waals surface area contributed by atoms with Gasteiger partial charge in [0.1, 0.15) is 0 Å². The van der Waals surface area contributed by atoms with Gasteiger partial charge in [0.15, 0.2) is 0 Å². The highest BCUT2D eigenvalue weighted by atomic mass is 35.5. The third-order valence-electron chi connectivity index (χ3n) is 3.32. The average Bonchev–Trinajstić information content (AvgIpc) is 2.53. The summed E-state index contributed by atoms with van der Waals surface area (Å²) in [7, 11) is 3.63. The molecule has 0 saturated carbocycles. The maximum Gasteiger partial charge on any atom is 0.216 e. The molecule has 0 radical (unpaired) electrons. The van der Waals surface area contributed by atoms with Crippen LogP contribution in [0, 0.1) is 6.92 Å². The summed E-state index contributed by atoms with van der Waals surface area (Å²) in [6.07, 6.45) is 0. The van der Waals surface area contributed by atoms with Crippen LogP contribution in [0.5, 0.6) is 5.88 Å². The summed E-state index contributed by atoms with van der Waals surface area (Å²) in [6.45, 7) is 8.42. The molecule has 1 aliphatic heterocycles. The maximum absolute atomic E-state index is 5.42. The van der Waals surface area contributed by atoms with Crippen LogP contribution in [0.3, 0.4) is 0 Å². The maximum atomic E-state index is 5.42. The summed E-state index contributed by atoms with van der Waals surface area (Å²) < 4.78 is 7.24. The summed E-state index contributed by atoms with van der Waals surface area (Å²) >= 11 is 0. The average molecular weight is 275 g/mol. The molecule has 18 heavy (non-hydrogen) atoms. The van der Waals surface area contributed by atoms with Gasteiger partial charge >= 0.3 is 0 Å². The first-order valence-corrected chi connectivity index (χ1v) is 6.14. The number of nitrogens with zero attached hydrogens (tertiary/aromatic N) is 3. The molecule has 1 aliphatic rings. The van der Waals surface area contributed by atoms with Gasteiger partial charge in [-0.3, -0.25) is 4.90 Å². The minimum Gasteiger partial charge on any atom is -0.481 e. The van der Waals surface area contributed by atoms with Crippen LogP contribution in [-0.2, 0) is 13.6 Å². The summed E-state index contributed by atoms with van der Waals surface area (Å²) in [5.41, 5.74) is 2.28. The van der Waals surface area contributed by atoms with E-state index in [1.165, 1.54) is 5.56 Å². The van der Waals surface area contributed by atoms with Gasteiger partial charge in [-0.25, -0.2) is 4.68 Å². The lowest BCUT2D eigenvalue weighted by Crippen LogP contribution is -2.48. The van der Waals surface area contributed by atoms with Crippen molar-refractivity contribution in [3.63, 3.8) is 0 Å². The summed E-state index contributed by atoms with van der Waals surface area (Å²) in [5, 5.41) is 7.87. The Kier molecular flexibility index (Phi) is 5.44. The Morgan fingerprint density at radius 3 is 2.83 bits per heavy atom. The molecule has 0 aliphatic carbocycles. The fourth-order valence-corrected chi connectivity index (χ4v) is 2.50. The lowest BCUT2D eigenvalue weighted by atomic mass is 10.2. The van der Waals surface area contributed by atoms with Crippen molar-refractivity contribution in [2.75, 3.05) is 26.7 Å². The van der Waals surface area contributed by atoms with Gasteiger partial charge in [0.25, 0.3) is 0 Å². The largest absolute Gasteiger partial charge is 0.481 e. The van der Waals surface area contributed by atoms with Crippen molar-refractivity contribution in [2.24, 2.45) is 7.05 Å². The molecule has 5 nitrogen and oxygen atoms in total. The Hall–Kier alpha value is -0.780. The molecule has 6 heteroatoms. The van der Waals surface area contributed by atoms with Crippen molar-refractivity contribution in [1.82, 2.24) is 20.0 Å². The lowest BCUT2D eigenvalue weighted by Gasteiger charge is -2.31. The number of rotatable bonds is 3. The van der Waals surface area contributed by atoms with Crippen molar-refractivity contribution in [1.29, 1.82) is 0 Å². The molecule has 1 N–H and O–H groups in total. The molecule has 2 heterocycles. The number of nitrogens with one attached hydrogen (secondary N) is 1. The standard InChI is InChI=1S/C12H22N4O.ClH/c1-9-7-16(6-5-13-9)8-11-10(2)14-15(3)12(11)17-4;/h9,13H,5-8H2,1-4H3;1H/t9-;/m0./s1. The molecule has 0 aromatic carbocycles. The van der Waals surface area contributed by atoms with Gasteiger partial charge in [0, 0.05) is 39.3 Å². The zero-order valence-electron chi connectivity index (χ0n) is 11.6. The second-order valence-corrected chi connectivity index (χ2v) is 4.79. The zero-order chi connectivity index (χ0) is 12.4. The first-order chi connectivity index (χ1) is 8.11. The summed E-state index contributed by atoms with van der Waals surface area (Å²) in [4.78, 5) is 2.45. The molecule has 1 atom stereocenters. The molecule has 1 aromatic heterocycles. The number of piperazine rings is 1. The minimum atomic E-state index is 0. The lowest BCUT2D eigenvalue weighted by molar-refractivity contribution is 0.197. The SMILES string of the molecule is COc1c(CN2CCN[C@@H](C)C2)c(C)nn1C.Cl. The number of halogens is 1. The quantitative estimate of drug-likeness (QED) is 0.891. The molecule has 2 rings (SSSR count). The van der Waals surface area contributed by atoms with Crippen LogP contribution < -0.4 is 10.1 Å². The monoisotopic (exact) mass is 274 g/mol. The van der Waals surface area contributed by atoms with E-state index in [9.17, 15) is 0 Å². The van der Waals surface area contributed by atoms with E-state index in [4.69, 9.17) is 4.74 Å². The van der Waals surface area contributed by atoms with Crippen molar-refractivity contribution in [3.8, 4) is 5.88 Å². The number of hydrogen-bond donors (Lipinski definition) is 1. The first kappa shape index (κ1) is 15.3. The van der Waals surface area contributed by atoms with Gasteiger partial charge in [-0.05, 0) is 13.8 Å². The predicted molar refractivity (Wildman–Crippen MR) is 74.5 cm³/mol. The van der Waals surface area contributed by atoms with E-state index in [2.05, 4.69) is 22.2 Å². The Morgan fingerprint density at radius 1 is 1.50 bits per heavy atom. The van der Waals surface area contributed by atoms with Crippen LogP contribution in [0.25, 0.3) is 0 Å². The Balaban J connectivity index is 0.00000162. The van der Waals surface area contributed by atoms with Gasteiger partial charge in [-0.2, -0.15) is 5.10 Å². The molecule has 0 bridgehead atoms. The van der Waals surface area contributed by atoms with Crippen molar-refractivity contribution < 1.29 is 4.74 Å². The van der Waals surface area contributed by atoms with Crippen LogP contribution in [-0.4, -0.2) is 47.5 Å². The van der Waals surface area contributed by atoms with E-state index in [0.29, 0.717) is 6.04 Å². The first-order valence-electron chi connectivity index (χ1n) is 6.14. The van der Waals surface area contributed by atoms with Crippen molar-refractivity contribution in [3.05, 3.63) is 11.3 Å². The molecule has 104 valence electrons. The van der Waals surface area contributed by atoms with E-state index < -0.39 is 0 Å². The summed E-state index contributed by atoms with van der Waals surface area (Å²) in [6, 6.07) is 0.562. The van der Waals surface area contributed by atoms with Gasteiger partial charge in [0.2, 0.25) is 5.88 Å². The molecule has 1 fully saturated rings. The van der Waals surface area contributed by atoms with E-state index in [0.717, 1.165) is 37.8 Å². The number of hydrogen-bond acceptors (Lipinski definition) is 4. The molecule has 0 spiro atoms. The van der Waals surface area contributed by atoms with Crippen LogP contribution in [0.15, 0.2) is 0 Å². The second-order valence-electron chi connectivity index (χ2n) is 4.79. The van der Waals surface area contributed by atoms with Gasteiger partial charge < -0.3 is 10.1 Å². The number of methoxy groups -OCH3 is 1. The highest BCUT2D eigenvalue weighted by Gasteiger charge is 2.20. The fourth-order valence-electron chi connectivity index (χ4n) is 2.50. The van der Waals surface area contributed by atoms with Crippen molar-refractivity contribution in [2.45, 2.75) is 26.4 Å². The normalized spacial score (nSPS) is 20.6. The van der Waals surface area contributed by atoms with Crippen LogP contribution in [0.4, 0.5) is 0 Å². The minimum absolute atomic E-state index is 0. The number of aromatic nitrogens is 2. The highest BCUT2D eigenvalue weighted by molar-refractivity contribution is 5.85. The number of aryl methyl sites for hydroxylation is 2. The molecular weight excluding hydrogens is 252 g/mol. The highest BCUT2D eigenvalue weighted by Crippen LogP contribution is 2.23. The van der Waals surface area contributed by atoms with Crippen molar-refractivity contribution >= 4 is 12.4 Å². The third kappa shape index (κ3) is 3.16. The van der Waals surface area contributed by atoms with E-state index in [1.54, 1.807) is 7.11 Å². The summed E-state index contributed by atoms with van der Waals surface area (Å²) in [5.74, 6) is 0.883. The van der Waals surface area contributed by atoms with Gasteiger partial charge in [-0.15, -0.1) is 12.4 Å². The Morgan fingerprint density at radius 2 is 2.22 bits per heavy atom. The van der Waals surface area contributed by atoms with E-state index >= 15 is 0 Å². The Bertz CT molecular complexity index is 394. The van der Waals surface area contributed by atoms with E-state index in [1.807, 2.05) is 18.7 Å². The molecule has 0 amide bonds. The molecule has 0 unspecified atom stereocenters. The van der Waals surface area contributed by atoms with Crippen LogP contribution >= 0.6 is 12.4 Å². The smallest absolute Gasteiger partial charge is 0.216 e. The van der Waals surface area contributed by atoms with Crippen LogP contribution in [0.1, 0.15) is 18.2 Å². The predicted octanol–water partition coefficient (Wildman–Crippen LogP) is 0.953. The molecule has 1 saturated heterocycles. The van der Waals surface area contributed by atoms with Gasteiger partial charge in [0.05, 0.1) is 18.4 Å².